The van der Waals surface area contributed by atoms with Crippen molar-refractivity contribution >= 4 is 78.3 Å². The average Bonchev–Trinajstić information content (AvgIpc) is 4.06. The zero-order valence-electron chi connectivity index (χ0n) is 43.0. The van der Waals surface area contributed by atoms with E-state index in [1.54, 1.807) is 0 Å². The molecule has 0 fully saturated rings. The van der Waals surface area contributed by atoms with Crippen LogP contribution in [0.5, 0.6) is 0 Å². The van der Waals surface area contributed by atoms with Crippen LogP contribution < -0.4 is 4.90 Å². The molecule has 76 heavy (non-hydrogen) atoms. The molecule has 0 spiro atoms. The van der Waals surface area contributed by atoms with Gasteiger partial charge in [0.2, 0.25) is 0 Å². The van der Waals surface area contributed by atoms with Crippen molar-refractivity contribution in [1.82, 2.24) is 9.13 Å². The Kier molecular flexibility index (Phi) is 11.7. The van der Waals surface area contributed by atoms with Gasteiger partial charge in [0.1, 0.15) is 0 Å². The number of hydrogen-bond acceptors (Lipinski definition) is 1. The molecular weight excluding hydrogens is 919 g/mol. The summed E-state index contributed by atoms with van der Waals surface area (Å²) in [7, 11) is 0. The maximum Gasteiger partial charge on any atom is 0.0544 e. The fourth-order valence-electron chi connectivity index (χ4n) is 12.5. The second-order valence-corrected chi connectivity index (χ2v) is 21.1. The number of benzene rings is 8. The number of nitrogens with zero attached hydrogens (tertiary/aromatic N) is 3. The van der Waals surface area contributed by atoms with E-state index in [0.29, 0.717) is 5.92 Å². The van der Waals surface area contributed by atoms with Crippen LogP contribution >= 0.6 is 0 Å². The molecule has 3 nitrogen and oxygen atoms in total. The van der Waals surface area contributed by atoms with Crippen molar-refractivity contribution < 1.29 is 0 Å². The second-order valence-electron chi connectivity index (χ2n) is 21.1. The molecule has 0 aliphatic heterocycles. The normalized spacial score (nSPS) is 16.1. The highest BCUT2D eigenvalue weighted by Gasteiger charge is 2.21. The molecule has 0 N–H and O–H groups in total. The molecule has 1 unspecified atom stereocenters. The van der Waals surface area contributed by atoms with Gasteiger partial charge in [0, 0.05) is 50.3 Å². The van der Waals surface area contributed by atoms with Gasteiger partial charge in [-0.05, 0) is 197 Å². The van der Waals surface area contributed by atoms with Gasteiger partial charge >= 0.3 is 0 Å². The van der Waals surface area contributed by atoms with Crippen molar-refractivity contribution in [2.75, 3.05) is 4.90 Å². The maximum atomic E-state index is 2.50. The van der Waals surface area contributed by atoms with Crippen molar-refractivity contribution in [2.24, 2.45) is 5.92 Å². The van der Waals surface area contributed by atoms with Crippen molar-refractivity contribution in [3.8, 4) is 27.9 Å². The third kappa shape index (κ3) is 8.33. The summed E-state index contributed by atoms with van der Waals surface area (Å²) in [6, 6.07) is 70.5. The Bertz CT molecular complexity index is 4120. The topological polar surface area (TPSA) is 13.1 Å². The SMILES string of the molecule is CC1C=CC=C(c2cccc(-c3ccc(N(c4ccc(C5=CC(c6ccc7c8ccccc8n(C8=CC=CCC8)c7c6)=CCC5)cc4)c4ccc(-c5cccc(-n6c7c(c8ccccc86)CCC=C7)c5)cc4)cc3)c2)C1. The molecule has 8 aromatic carbocycles. The van der Waals surface area contributed by atoms with Crippen LogP contribution in [0.25, 0.3) is 89.1 Å². The zero-order valence-corrected chi connectivity index (χ0v) is 43.0. The fourth-order valence-corrected chi connectivity index (χ4v) is 12.5. The number of rotatable bonds is 10. The molecule has 0 amide bonds. The Morgan fingerprint density at radius 3 is 1.83 bits per heavy atom. The van der Waals surface area contributed by atoms with Crippen molar-refractivity contribution in [1.29, 1.82) is 0 Å². The van der Waals surface area contributed by atoms with Gasteiger partial charge in [-0.1, -0.05) is 171 Å². The summed E-state index contributed by atoms with van der Waals surface area (Å²) < 4.78 is 4.94. The average molecular weight is 978 g/mol. The standard InChI is InChI=1S/C73H59N3/c1-50-15-11-16-54(45-50)57-19-12-17-55(46-57)51-31-38-62(39-32-51)74(64-42-35-53(36-43-64)59-21-14-24-65(48-59)76-71-29-9-5-25-66(71)67-26-6-10-30-72(67)76)63-40-33-52(34-41-63)56-18-13-20-58(47-56)60-37-44-69-68-27-7-8-28-70(68)75(73(69)49-60)61-22-3-2-4-23-61/h2-3,5,7-12,14-17,19-22,24-25,27-44,46-50H,4,6,13,18,23,26,45H2,1H3. The van der Waals surface area contributed by atoms with E-state index in [1.807, 2.05) is 0 Å². The number of allylic oxidation sites excluding steroid dienone is 13. The predicted octanol–water partition coefficient (Wildman–Crippen LogP) is 19.9. The first-order valence-electron chi connectivity index (χ1n) is 27.4. The van der Waals surface area contributed by atoms with E-state index in [4.69, 9.17) is 0 Å². The smallest absolute Gasteiger partial charge is 0.0544 e. The number of para-hydroxylation sites is 2. The summed E-state index contributed by atoms with van der Waals surface area (Å²) in [5.41, 5.74) is 25.2. The van der Waals surface area contributed by atoms with Gasteiger partial charge in [-0.3, -0.25) is 0 Å². The molecule has 2 heterocycles. The minimum atomic E-state index is 0.549. The molecule has 2 aromatic heterocycles. The van der Waals surface area contributed by atoms with Gasteiger partial charge in [-0.25, -0.2) is 0 Å². The first kappa shape index (κ1) is 45.7. The second kappa shape index (κ2) is 19.4. The van der Waals surface area contributed by atoms with Gasteiger partial charge in [-0.15, -0.1) is 0 Å². The number of fused-ring (bicyclic) bond motifs is 6. The number of aryl methyl sites for hydroxylation is 1. The zero-order chi connectivity index (χ0) is 50.5. The molecule has 0 saturated carbocycles. The Morgan fingerprint density at radius 2 is 1.09 bits per heavy atom. The predicted molar refractivity (Wildman–Crippen MR) is 324 cm³/mol. The van der Waals surface area contributed by atoms with Crippen LogP contribution in [-0.2, 0) is 6.42 Å². The van der Waals surface area contributed by atoms with E-state index < -0.39 is 0 Å². The molecule has 14 rings (SSSR count). The van der Waals surface area contributed by atoms with Crippen molar-refractivity contribution in [3.05, 3.63) is 271 Å². The van der Waals surface area contributed by atoms with Crippen molar-refractivity contribution in [2.45, 2.75) is 51.9 Å². The highest BCUT2D eigenvalue weighted by atomic mass is 15.1. The molecule has 0 radical (unpaired) electrons. The Balaban J connectivity index is 0.798. The van der Waals surface area contributed by atoms with Gasteiger partial charge in [-0.2, -0.15) is 0 Å². The van der Waals surface area contributed by atoms with E-state index in [1.165, 1.54) is 111 Å². The summed E-state index contributed by atoms with van der Waals surface area (Å²) in [5.74, 6) is 0.549. The third-order valence-corrected chi connectivity index (χ3v) is 16.3. The van der Waals surface area contributed by atoms with Gasteiger partial charge in [0.15, 0.2) is 0 Å². The van der Waals surface area contributed by atoms with E-state index in [2.05, 4.69) is 270 Å². The summed E-state index contributed by atoms with van der Waals surface area (Å²) in [6.45, 7) is 2.29. The van der Waals surface area contributed by atoms with E-state index in [-0.39, 0.29) is 0 Å². The van der Waals surface area contributed by atoms with Gasteiger partial charge < -0.3 is 14.0 Å². The summed E-state index contributed by atoms with van der Waals surface area (Å²) in [5, 5.41) is 3.97. The molecular formula is C73H59N3. The summed E-state index contributed by atoms with van der Waals surface area (Å²) in [6.07, 6.45) is 30.4. The molecule has 0 bridgehead atoms. The molecule has 4 aliphatic carbocycles. The lowest BCUT2D eigenvalue weighted by atomic mass is 9.90. The molecule has 3 heteroatoms. The summed E-state index contributed by atoms with van der Waals surface area (Å²) >= 11 is 0. The van der Waals surface area contributed by atoms with Crippen LogP contribution in [0.4, 0.5) is 17.1 Å². The van der Waals surface area contributed by atoms with Crippen LogP contribution in [0, 0.1) is 5.92 Å². The lowest BCUT2D eigenvalue weighted by molar-refractivity contribution is 0.749. The van der Waals surface area contributed by atoms with E-state index in [9.17, 15) is 0 Å². The van der Waals surface area contributed by atoms with Crippen LogP contribution in [0.3, 0.4) is 0 Å². The third-order valence-electron chi connectivity index (χ3n) is 16.3. The van der Waals surface area contributed by atoms with Crippen LogP contribution in [0.1, 0.15) is 73.4 Å². The van der Waals surface area contributed by atoms with Crippen LogP contribution in [0.2, 0.25) is 0 Å². The number of hydrogen-bond donors (Lipinski definition) is 0. The first-order valence-corrected chi connectivity index (χ1v) is 27.4. The maximum absolute atomic E-state index is 2.50. The Morgan fingerprint density at radius 1 is 0.447 bits per heavy atom. The van der Waals surface area contributed by atoms with E-state index >= 15 is 0 Å². The van der Waals surface area contributed by atoms with Crippen LogP contribution in [-0.4, -0.2) is 9.13 Å². The van der Waals surface area contributed by atoms with Gasteiger partial charge in [0.05, 0.1) is 16.6 Å². The quantitative estimate of drug-likeness (QED) is 0.133. The minimum Gasteiger partial charge on any atom is -0.313 e. The number of anilines is 3. The van der Waals surface area contributed by atoms with E-state index in [0.717, 1.165) is 62.0 Å². The summed E-state index contributed by atoms with van der Waals surface area (Å²) in [4.78, 5) is 2.40. The Labute approximate surface area is 446 Å². The Hall–Kier alpha value is -8.92. The highest BCUT2D eigenvalue weighted by molar-refractivity contribution is 6.11. The molecule has 366 valence electrons. The lowest BCUT2D eigenvalue weighted by Gasteiger charge is -2.26. The molecule has 1 atom stereocenters. The number of aromatic nitrogens is 2. The monoisotopic (exact) mass is 977 g/mol. The largest absolute Gasteiger partial charge is 0.313 e. The van der Waals surface area contributed by atoms with Crippen molar-refractivity contribution in [3.63, 3.8) is 0 Å². The fraction of sp³-hybridized carbons (Fsp3) is 0.123. The molecule has 10 aromatic rings. The highest BCUT2D eigenvalue weighted by Crippen LogP contribution is 2.42. The van der Waals surface area contributed by atoms with Gasteiger partial charge in [0.25, 0.3) is 0 Å². The minimum absolute atomic E-state index is 0.549. The van der Waals surface area contributed by atoms with Crippen LogP contribution in [0.15, 0.2) is 243 Å². The lowest BCUT2D eigenvalue weighted by Crippen LogP contribution is -2.10. The molecule has 0 saturated heterocycles. The molecule has 4 aliphatic rings. The first-order chi connectivity index (χ1) is 37.6.